The van der Waals surface area contributed by atoms with E-state index in [1.807, 2.05) is 82.3 Å². The Labute approximate surface area is 173 Å². The molecule has 4 nitrogen and oxygen atoms in total. The standard InChI is InChI=1S/C18H21NO2.C5H9ClO/c1-14(2)12-18(20)19-16-8-10-17(11-9-16)21-13-15-6-4-3-5-7-15;1-4(2)3-5(6)7/h3-11,14H,12-13H2,1-2H3,(H,19,20);4H,3H2,1-2H3. The number of amides is 1. The second kappa shape index (κ2) is 12.9. The number of hydrogen-bond donors (Lipinski definition) is 1. The van der Waals surface area contributed by atoms with Gasteiger partial charge in [0.2, 0.25) is 11.1 Å². The minimum absolute atomic E-state index is 0.0444. The fraction of sp³-hybridized carbons (Fsp3) is 0.391. The molecule has 2 aromatic rings. The highest BCUT2D eigenvalue weighted by Crippen LogP contribution is 2.17. The molecule has 0 radical (unpaired) electrons. The van der Waals surface area contributed by atoms with Crippen LogP contribution in [0.5, 0.6) is 5.75 Å². The molecule has 0 aliphatic heterocycles. The first-order valence-corrected chi connectivity index (χ1v) is 9.89. The van der Waals surface area contributed by atoms with Crippen molar-refractivity contribution in [3.63, 3.8) is 0 Å². The van der Waals surface area contributed by atoms with Crippen LogP contribution in [0, 0.1) is 11.8 Å². The van der Waals surface area contributed by atoms with E-state index >= 15 is 0 Å². The van der Waals surface area contributed by atoms with Crippen molar-refractivity contribution in [2.75, 3.05) is 5.32 Å². The van der Waals surface area contributed by atoms with Crippen molar-refractivity contribution >= 4 is 28.4 Å². The van der Waals surface area contributed by atoms with E-state index in [1.165, 1.54) is 0 Å². The Morgan fingerprint density at radius 3 is 1.93 bits per heavy atom. The molecule has 1 N–H and O–H groups in total. The molecule has 0 atom stereocenters. The van der Waals surface area contributed by atoms with Crippen LogP contribution < -0.4 is 10.1 Å². The number of nitrogens with one attached hydrogen (secondary N) is 1. The number of anilines is 1. The number of rotatable bonds is 8. The van der Waals surface area contributed by atoms with Crippen molar-refractivity contribution in [1.29, 1.82) is 0 Å². The smallest absolute Gasteiger partial charge is 0.224 e. The largest absolute Gasteiger partial charge is 0.489 e. The van der Waals surface area contributed by atoms with Gasteiger partial charge in [-0.05, 0) is 53.3 Å². The Morgan fingerprint density at radius 2 is 1.46 bits per heavy atom. The number of ether oxygens (including phenoxy) is 1. The van der Waals surface area contributed by atoms with E-state index in [4.69, 9.17) is 16.3 Å². The number of carbonyl (C=O) groups excluding carboxylic acids is 2. The molecule has 0 spiro atoms. The summed E-state index contributed by atoms with van der Waals surface area (Å²) in [5.74, 6) is 1.59. The topological polar surface area (TPSA) is 55.4 Å². The summed E-state index contributed by atoms with van der Waals surface area (Å²) >= 11 is 5.03. The van der Waals surface area contributed by atoms with E-state index in [2.05, 4.69) is 5.32 Å². The average Bonchev–Trinajstić information content (AvgIpc) is 2.60. The minimum atomic E-state index is -0.241. The predicted octanol–water partition coefficient (Wildman–Crippen LogP) is 6.05. The third-order valence-electron chi connectivity index (χ3n) is 3.55. The monoisotopic (exact) mass is 403 g/mol. The number of halogens is 1. The average molecular weight is 404 g/mol. The lowest BCUT2D eigenvalue weighted by molar-refractivity contribution is -0.117. The minimum Gasteiger partial charge on any atom is -0.489 e. The summed E-state index contributed by atoms with van der Waals surface area (Å²) in [7, 11) is 0. The van der Waals surface area contributed by atoms with Crippen molar-refractivity contribution in [2.24, 2.45) is 11.8 Å². The molecule has 0 aliphatic carbocycles. The molecule has 2 aromatic carbocycles. The van der Waals surface area contributed by atoms with Crippen molar-refractivity contribution in [3.8, 4) is 5.75 Å². The molecule has 0 aromatic heterocycles. The van der Waals surface area contributed by atoms with Gasteiger partial charge in [0.15, 0.2) is 0 Å². The van der Waals surface area contributed by atoms with Crippen LogP contribution in [-0.2, 0) is 16.2 Å². The van der Waals surface area contributed by atoms with Gasteiger partial charge in [-0.15, -0.1) is 0 Å². The maximum Gasteiger partial charge on any atom is 0.224 e. The molecule has 152 valence electrons. The zero-order valence-electron chi connectivity index (χ0n) is 17.1. The van der Waals surface area contributed by atoms with Gasteiger partial charge in [0, 0.05) is 18.5 Å². The van der Waals surface area contributed by atoms with Crippen molar-refractivity contribution < 1.29 is 14.3 Å². The SMILES string of the molecule is CC(C)CC(=O)Cl.CC(C)CC(=O)Nc1ccc(OCc2ccccc2)cc1. The Hall–Kier alpha value is -2.33. The second-order valence-electron chi connectivity index (χ2n) is 7.40. The predicted molar refractivity (Wildman–Crippen MR) is 116 cm³/mol. The molecule has 1 amide bonds. The van der Waals surface area contributed by atoms with E-state index in [0.717, 1.165) is 17.0 Å². The summed E-state index contributed by atoms with van der Waals surface area (Å²) in [6.45, 7) is 8.51. The molecule has 0 saturated heterocycles. The summed E-state index contributed by atoms with van der Waals surface area (Å²) in [5.41, 5.74) is 1.93. The summed E-state index contributed by atoms with van der Waals surface area (Å²) in [6, 6.07) is 17.5. The van der Waals surface area contributed by atoms with E-state index in [0.29, 0.717) is 31.3 Å². The van der Waals surface area contributed by atoms with E-state index in [-0.39, 0.29) is 11.1 Å². The zero-order valence-corrected chi connectivity index (χ0v) is 17.8. The van der Waals surface area contributed by atoms with E-state index in [9.17, 15) is 9.59 Å². The summed E-state index contributed by atoms with van der Waals surface area (Å²) in [5, 5.41) is 2.64. The number of carbonyl (C=O) groups is 2. The first-order chi connectivity index (χ1) is 13.3. The lowest BCUT2D eigenvalue weighted by atomic mass is 10.1. The Kier molecular flexibility index (Phi) is 11.0. The van der Waals surface area contributed by atoms with Crippen LogP contribution in [0.3, 0.4) is 0 Å². The molecule has 2 rings (SSSR count). The van der Waals surface area contributed by atoms with Gasteiger partial charge >= 0.3 is 0 Å². The van der Waals surface area contributed by atoms with Gasteiger partial charge in [-0.1, -0.05) is 58.0 Å². The van der Waals surface area contributed by atoms with Gasteiger partial charge in [0.25, 0.3) is 0 Å². The highest BCUT2D eigenvalue weighted by atomic mass is 35.5. The Morgan fingerprint density at radius 1 is 0.893 bits per heavy atom. The fourth-order valence-electron chi connectivity index (χ4n) is 2.28. The lowest BCUT2D eigenvalue weighted by Crippen LogP contribution is -2.13. The molecular formula is C23H30ClNO3. The van der Waals surface area contributed by atoms with Gasteiger partial charge in [0.05, 0.1) is 0 Å². The molecule has 5 heteroatoms. The molecular weight excluding hydrogens is 374 g/mol. The molecule has 0 saturated carbocycles. The van der Waals surface area contributed by atoms with Crippen LogP contribution in [0.1, 0.15) is 46.1 Å². The highest BCUT2D eigenvalue weighted by molar-refractivity contribution is 6.63. The highest BCUT2D eigenvalue weighted by Gasteiger charge is 2.05. The number of benzene rings is 2. The molecule has 28 heavy (non-hydrogen) atoms. The normalized spacial score (nSPS) is 10.2. The van der Waals surface area contributed by atoms with Gasteiger partial charge in [-0.2, -0.15) is 0 Å². The zero-order chi connectivity index (χ0) is 20.9. The van der Waals surface area contributed by atoms with Crippen molar-refractivity contribution in [1.82, 2.24) is 0 Å². The molecule has 0 heterocycles. The van der Waals surface area contributed by atoms with Crippen LogP contribution in [0.25, 0.3) is 0 Å². The van der Waals surface area contributed by atoms with Crippen LogP contribution in [-0.4, -0.2) is 11.1 Å². The molecule has 0 unspecified atom stereocenters. The third-order valence-corrected chi connectivity index (χ3v) is 3.70. The first-order valence-electron chi connectivity index (χ1n) is 9.51. The Bertz CT molecular complexity index is 712. The quantitative estimate of drug-likeness (QED) is 0.546. The maximum atomic E-state index is 11.7. The third kappa shape index (κ3) is 11.4. The van der Waals surface area contributed by atoms with E-state index in [1.54, 1.807) is 0 Å². The molecule has 0 fully saturated rings. The van der Waals surface area contributed by atoms with Crippen molar-refractivity contribution in [2.45, 2.75) is 47.1 Å². The lowest BCUT2D eigenvalue weighted by Gasteiger charge is -2.09. The van der Waals surface area contributed by atoms with Crippen LogP contribution in [0.2, 0.25) is 0 Å². The summed E-state index contributed by atoms with van der Waals surface area (Å²) < 4.78 is 5.70. The number of hydrogen-bond acceptors (Lipinski definition) is 3. The van der Waals surface area contributed by atoms with Crippen LogP contribution in [0.4, 0.5) is 5.69 Å². The van der Waals surface area contributed by atoms with Gasteiger partial charge < -0.3 is 10.1 Å². The molecule has 0 aliphatic rings. The molecule has 0 bridgehead atoms. The second-order valence-corrected chi connectivity index (χ2v) is 7.82. The van der Waals surface area contributed by atoms with Gasteiger partial charge in [0.1, 0.15) is 12.4 Å². The maximum absolute atomic E-state index is 11.7. The summed E-state index contributed by atoms with van der Waals surface area (Å²) in [6.07, 6.45) is 1.02. The summed E-state index contributed by atoms with van der Waals surface area (Å²) in [4.78, 5) is 21.7. The first kappa shape index (κ1) is 23.7. The fourth-order valence-corrected chi connectivity index (χ4v) is 2.59. The van der Waals surface area contributed by atoms with Gasteiger partial charge in [-0.25, -0.2) is 0 Å². The van der Waals surface area contributed by atoms with Crippen molar-refractivity contribution in [3.05, 3.63) is 60.2 Å². The Balaban J connectivity index is 0.000000480. The van der Waals surface area contributed by atoms with Crippen LogP contribution >= 0.6 is 11.6 Å². The van der Waals surface area contributed by atoms with E-state index < -0.39 is 0 Å². The van der Waals surface area contributed by atoms with Gasteiger partial charge in [-0.3, -0.25) is 9.59 Å². The van der Waals surface area contributed by atoms with Crippen LogP contribution in [0.15, 0.2) is 54.6 Å².